The van der Waals surface area contributed by atoms with Crippen LogP contribution in [0.1, 0.15) is 26.5 Å². The molecule has 7 nitrogen and oxygen atoms in total. The lowest BCUT2D eigenvalue weighted by Crippen LogP contribution is -2.32. The summed E-state index contributed by atoms with van der Waals surface area (Å²) in [5, 5.41) is 22.9. The number of carboxylic acid groups (broad SMARTS) is 2. The van der Waals surface area contributed by atoms with Gasteiger partial charge in [0.05, 0.1) is 17.9 Å². The van der Waals surface area contributed by atoms with Gasteiger partial charge in [-0.3, -0.25) is 0 Å². The van der Waals surface area contributed by atoms with Crippen molar-refractivity contribution in [3.8, 4) is 16.3 Å². The van der Waals surface area contributed by atoms with Crippen LogP contribution in [0.5, 0.6) is 5.75 Å². The Labute approximate surface area is 213 Å². The number of carboxylic acids is 2. The lowest BCUT2D eigenvalue weighted by molar-refractivity contribution is -0.137. The highest BCUT2D eigenvalue weighted by Gasteiger charge is 2.20. The molecule has 0 bridgehead atoms. The van der Waals surface area contributed by atoms with Crippen molar-refractivity contribution in [2.45, 2.75) is 25.8 Å². The average molecular weight is 503 g/mol. The summed E-state index contributed by atoms with van der Waals surface area (Å²) in [6, 6.07) is 22.6. The van der Waals surface area contributed by atoms with E-state index in [-0.39, 0.29) is 17.7 Å². The van der Waals surface area contributed by atoms with Crippen LogP contribution >= 0.6 is 11.3 Å². The van der Waals surface area contributed by atoms with E-state index in [0.717, 1.165) is 21.8 Å². The van der Waals surface area contributed by atoms with Crippen molar-refractivity contribution in [2.75, 3.05) is 11.9 Å². The Bertz CT molecular complexity index is 1340. The number of benzene rings is 3. The molecule has 0 aliphatic carbocycles. The lowest BCUT2D eigenvalue weighted by Gasteiger charge is -2.17. The van der Waals surface area contributed by atoms with Crippen molar-refractivity contribution >= 4 is 29.0 Å². The molecule has 0 fully saturated rings. The molecule has 0 saturated carbocycles. The van der Waals surface area contributed by atoms with E-state index >= 15 is 0 Å². The summed E-state index contributed by atoms with van der Waals surface area (Å²) in [7, 11) is 0. The number of aromatic nitrogens is 1. The van der Waals surface area contributed by atoms with E-state index in [1.54, 1.807) is 29.5 Å². The first-order valence-electron chi connectivity index (χ1n) is 11.5. The van der Waals surface area contributed by atoms with Crippen molar-refractivity contribution < 1.29 is 24.5 Å². The van der Waals surface area contributed by atoms with Crippen LogP contribution in [0.4, 0.5) is 5.69 Å². The van der Waals surface area contributed by atoms with Crippen molar-refractivity contribution in [1.82, 2.24) is 4.98 Å². The molecule has 3 N–H and O–H groups in total. The summed E-state index contributed by atoms with van der Waals surface area (Å²) in [4.78, 5) is 29.2. The number of nitrogens with one attached hydrogen (secondary N) is 1. The van der Waals surface area contributed by atoms with Gasteiger partial charge in [0.2, 0.25) is 0 Å². The monoisotopic (exact) mass is 502 g/mol. The smallest absolute Gasteiger partial charge is 0.337 e. The van der Waals surface area contributed by atoms with Crippen molar-refractivity contribution in [3.05, 3.63) is 101 Å². The lowest BCUT2D eigenvalue weighted by atomic mass is 10.0. The van der Waals surface area contributed by atoms with Gasteiger partial charge < -0.3 is 20.3 Å². The summed E-state index contributed by atoms with van der Waals surface area (Å²) in [6.45, 7) is 2.54. The molecule has 1 aromatic heterocycles. The minimum atomic E-state index is -1.12. The first-order chi connectivity index (χ1) is 17.4. The second kappa shape index (κ2) is 11.5. The van der Waals surface area contributed by atoms with Gasteiger partial charge in [-0.15, -0.1) is 11.3 Å². The van der Waals surface area contributed by atoms with Crippen LogP contribution in [-0.4, -0.2) is 39.8 Å². The third-order valence-electron chi connectivity index (χ3n) is 5.67. The van der Waals surface area contributed by atoms with E-state index < -0.39 is 18.0 Å². The molecule has 0 amide bonds. The van der Waals surface area contributed by atoms with Crippen LogP contribution in [0.3, 0.4) is 0 Å². The number of nitrogens with zero attached hydrogens (tertiary/aromatic N) is 1. The van der Waals surface area contributed by atoms with Gasteiger partial charge in [0.15, 0.2) is 0 Å². The fraction of sp³-hybridized carbons (Fsp3) is 0.179. The van der Waals surface area contributed by atoms with Gasteiger partial charge in [0.25, 0.3) is 0 Å². The summed E-state index contributed by atoms with van der Waals surface area (Å²) < 4.78 is 5.89. The molecule has 4 aromatic rings. The summed E-state index contributed by atoms with van der Waals surface area (Å²) >= 11 is 1.67. The number of ether oxygens (including phenoxy) is 1. The maximum Gasteiger partial charge on any atom is 0.337 e. The fourth-order valence-corrected chi connectivity index (χ4v) is 4.74. The number of aromatic carboxylic acids is 1. The Morgan fingerprint density at radius 1 is 0.972 bits per heavy atom. The first kappa shape index (κ1) is 24.9. The molecule has 1 atom stereocenters. The van der Waals surface area contributed by atoms with E-state index in [2.05, 4.69) is 24.4 Å². The highest BCUT2D eigenvalue weighted by Crippen LogP contribution is 2.28. The van der Waals surface area contributed by atoms with E-state index in [1.807, 2.05) is 42.5 Å². The van der Waals surface area contributed by atoms with Crippen LogP contribution in [0.25, 0.3) is 10.6 Å². The molecule has 0 aliphatic rings. The molecule has 4 rings (SSSR count). The molecule has 0 radical (unpaired) electrons. The maximum atomic E-state index is 11.8. The number of aryl methyl sites for hydroxylation is 1. The summed E-state index contributed by atoms with van der Waals surface area (Å²) in [5.41, 5.74) is 3.21. The quantitative estimate of drug-likeness (QED) is 0.247. The number of thiazole rings is 1. The third-order valence-corrected chi connectivity index (χ3v) is 6.73. The third kappa shape index (κ3) is 6.28. The number of aliphatic carboxylic acids is 1. The van der Waals surface area contributed by atoms with Gasteiger partial charge in [0.1, 0.15) is 16.8 Å². The molecule has 184 valence electrons. The van der Waals surface area contributed by atoms with Crippen molar-refractivity contribution in [2.24, 2.45) is 0 Å². The van der Waals surface area contributed by atoms with Crippen LogP contribution in [-0.2, 0) is 17.6 Å². The summed E-state index contributed by atoms with van der Waals surface area (Å²) in [6.07, 6.45) is 0.870. The molecular weight excluding hydrogens is 476 g/mol. The van der Waals surface area contributed by atoms with Gasteiger partial charge in [-0.05, 0) is 36.8 Å². The largest absolute Gasteiger partial charge is 0.493 e. The molecule has 0 aliphatic heterocycles. The molecule has 3 aromatic carbocycles. The predicted molar refractivity (Wildman–Crippen MR) is 140 cm³/mol. The van der Waals surface area contributed by atoms with Crippen molar-refractivity contribution in [3.63, 3.8) is 0 Å². The Kier molecular flexibility index (Phi) is 7.97. The zero-order valence-corrected chi connectivity index (χ0v) is 20.5. The fourth-order valence-electron chi connectivity index (χ4n) is 3.77. The van der Waals surface area contributed by atoms with Crippen LogP contribution in [0.2, 0.25) is 0 Å². The average Bonchev–Trinajstić information content (AvgIpc) is 3.25. The number of anilines is 1. The van der Waals surface area contributed by atoms with Crippen LogP contribution in [0.15, 0.2) is 78.9 Å². The van der Waals surface area contributed by atoms with E-state index in [9.17, 15) is 19.8 Å². The molecule has 0 saturated heterocycles. The number of carbonyl (C=O) groups is 2. The molecular formula is C28H26N2O5S. The SMILES string of the molecule is Cc1sc(-c2ccccc2)nc1CCOc1ccc(CC(Nc2ccccc2C(=O)O)C(=O)O)cc1. The normalized spacial score (nSPS) is 11.6. The number of para-hydroxylation sites is 1. The second-order valence-electron chi connectivity index (χ2n) is 8.22. The number of hydrogen-bond donors (Lipinski definition) is 3. The standard InChI is InChI=1S/C28H26N2O5S/c1-18-23(30-26(36-18)20-7-3-2-4-8-20)15-16-35-21-13-11-19(12-14-21)17-25(28(33)34)29-24-10-6-5-9-22(24)27(31)32/h2-14,25,29H,15-17H2,1H3,(H,31,32)(H,33,34). The Balaban J connectivity index is 1.34. The van der Waals surface area contributed by atoms with Gasteiger partial charge in [-0.2, -0.15) is 0 Å². The number of hydrogen-bond acceptors (Lipinski definition) is 6. The van der Waals surface area contributed by atoms with Gasteiger partial charge in [-0.25, -0.2) is 14.6 Å². The zero-order chi connectivity index (χ0) is 25.5. The molecule has 0 spiro atoms. The minimum absolute atomic E-state index is 0.0266. The topological polar surface area (TPSA) is 109 Å². The molecule has 1 unspecified atom stereocenters. The summed E-state index contributed by atoms with van der Waals surface area (Å²) in [5.74, 6) is -1.50. The highest BCUT2D eigenvalue weighted by atomic mass is 32.1. The van der Waals surface area contributed by atoms with Gasteiger partial charge in [-0.1, -0.05) is 54.6 Å². The minimum Gasteiger partial charge on any atom is -0.493 e. The number of rotatable bonds is 11. The molecule has 1 heterocycles. The van der Waals surface area contributed by atoms with Crippen molar-refractivity contribution in [1.29, 1.82) is 0 Å². The van der Waals surface area contributed by atoms with Crippen LogP contribution < -0.4 is 10.1 Å². The molecule has 36 heavy (non-hydrogen) atoms. The Hall–Kier alpha value is -4.17. The van der Waals surface area contributed by atoms with Gasteiger partial charge in [0, 0.05) is 29.0 Å². The maximum absolute atomic E-state index is 11.8. The second-order valence-corrected chi connectivity index (χ2v) is 9.42. The Morgan fingerprint density at radius 2 is 1.67 bits per heavy atom. The van der Waals surface area contributed by atoms with E-state index in [0.29, 0.717) is 18.8 Å². The zero-order valence-electron chi connectivity index (χ0n) is 19.7. The molecule has 8 heteroatoms. The van der Waals surface area contributed by atoms with Crippen LogP contribution in [0, 0.1) is 6.92 Å². The van der Waals surface area contributed by atoms with Gasteiger partial charge >= 0.3 is 11.9 Å². The van der Waals surface area contributed by atoms with E-state index in [4.69, 9.17) is 9.72 Å². The predicted octanol–water partition coefficient (Wildman–Crippen LogP) is 5.55. The Morgan fingerprint density at radius 3 is 2.36 bits per heavy atom. The highest BCUT2D eigenvalue weighted by molar-refractivity contribution is 7.15. The first-order valence-corrected chi connectivity index (χ1v) is 12.3. The van der Waals surface area contributed by atoms with E-state index in [1.165, 1.54) is 10.9 Å².